The van der Waals surface area contributed by atoms with E-state index < -0.39 is 17.4 Å². The van der Waals surface area contributed by atoms with Crippen LogP contribution in [0.2, 0.25) is 0 Å². The minimum Gasteiger partial charge on any atom is -0.288 e. The van der Waals surface area contributed by atoms with Gasteiger partial charge in [-0.15, -0.1) is 11.3 Å². The first-order valence-electron chi connectivity index (χ1n) is 4.42. The number of thiophene rings is 1. The van der Waals surface area contributed by atoms with Gasteiger partial charge in [0.25, 0.3) is 0 Å². The van der Waals surface area contributed by atoms with Gasteiger partial charge in [-0.1, -0.05) is 0 Å². The van der Waals surface area contributed by atoms with Crippen LogP contribution in [0.1, 0.15) is 15.2 Å². The molecule has 2 rings (SSSR count). The Labute approximate surface area is 117 Å². The SMILES string of the molecule is O=C(c1cc(F)cc(F)c1)c1scc(Br)c1Br. The molecule has 0 saturated heterocycles. The second-order valence-corrected chi connectivity index (χ2v) is 5.74. The third kappa shape index (κ3) is 2.64. The van der Waals surface area contributed by atoms with Crippen LogP contribution in [-0.4, -0.2) is 5.78 Å². The largest absolute Gasteiger partial charge is 0.288 e. The molecule has 0 aliphatic carbocycles. The number of hydrogen-bond donors (Lipinski definition) is 0. The van der Waals surface area contributed by atoms with Gasteiger partial charge in [0.1, 0.15) is 11.6 Å². The monoisotopic (exact) mass is 380 g/mol. The van der Waals surface area contributed by atoms with Gasteiger partial charge in [0, 0.05) is 21.5 Å². The Morgan fingerprint density at radius 3 is 2.18 bits per heavy atom. The van der Waals surface area contributed by atoms with Crippen LogP contribution in [0.25, 0.3) is 0 Å². The Morgan fingerprint density at radius 2 is 1.71 bits per heavy atom. The van der Waals surface area contributed by atoms with E-state index in [1.165, 1.54) is 11.3 Å². The van der Waals surface area contributed by atoms with Crippen molar-refractivity contribution in [2.45, 2.75) is 0 Å². The molecule has 0 radical (unpaired) electrons. The van der Waals surface area contributed by atoms with Crippen molar-refractivity contribution in [3.8, 4) is 0 Å². The van der Waals surface area contributed by atoms with Crippen molar-refractivity contribution < 1.29 is 13.6 Å². The molecule has 0 amide bonds. The van der Waals surface area contributed by atoms with Crippen molar-refractivity contribution in [2.75, 3.05) is 0 Å². The lowest BCUT2D eigenvalue weighted by Crippen LogP contribution is -2.01. The number of carbonyl (C=O) groups excluding carboxylic acids is 1. The number of carbonyl (C=O) groups is 1. The zero-order chi connectivity index (χ0) is 12.6. The van der Waals surface area contributed by atoms with E-state index in [1.54, 1.807) is 5.38 Å². The van der Waals surface area contributed by atoms with Crippen LogP contribution in [0, 0.1) is 11.6 Å². The summed E-state index contributed by atoms with van der Waals surface area (Å²) < 4.78 is 27.3. The second kappa shape index (κ2) is 4.96. The van der Waals surface area contributed by atoms with Gasteiger partial charge in [-0.3, -0.25) is 4.79 Å². The van der Waals surface area contributed by atoms with E-state index >= 15 is 0 Å². The van der Waals surface area contributed by atoms with E-state index in [1.807, 2.05) is 0 Å². The minimum absolute atomic E-state index is 0.00227. The van der Waals surface area contributed by atoms with Crippen molar-refractivity contribution in [1.82, 2.24) is 0 Å². The molecule has 17 heavy (non-hydrogen) atoms. The molecule has 2 aromatic rings. The molecule has 0 saturated carbocycles. The van der Waals surface area contributed by atoms with E-state index in [0.717, 1.165) is 22.7 Å². The van der Waals surface area contributed by atoms with Gasteiger partial charge in [0.2, 0.25) is 5.78 Å². The average molecular weight is 382 g/mol. The Kier molecular flexibility index (Phi) is 3.75. The Morgan fingerprint density at radius 1 is 1.12 bits per heavy atom. The van der Waals surface area contributed by atoms with E-state index in [9.17, 15) is 13.6 Å². The Hall–Kier alpha value is -0.590. The number of ketones is 1. The summed E-state index contributed by atoms with van der Waals surface area (Å²) in [4.78, 5) is 12.4. The summed E-state index contributed by atoms with van der Waals surface area (Å²) in [6.07, 6.45) is 0. The van der Waals surface area contributed by atoms with Gasteiger partial charge in [0.05, 0.1) is 9.35 Å². The fraction of sp³-hybridized carbons (Fsp3) is 0. The van der Waals surface area contributed by atoms with Gasteiger partial charge in [-0.2, -0.15) is 0 Å². The fourth-order valence-electron chi connectivity index (χ4n) is 1.29. The molecule has 0 bridgehead atoms. The summed E-state index contributed by atoms with van der Waals surface area (Å²) in [5.41, 5.74) is -0.00227. The summed E-state index contributed by atoms with van der Waals surface area (Å²) in [5, 5.41) is 1.73. The fourth-order valence-corrected chi connectivity index (χ4v) is 3.41. The third-order valence-corrected chi connectivity index (χ3v) is 5.55. The predicted molar refractivity (Wildman–Crippen MR) is 69.5 cm³/mol. The van der Waals surface area contributed by atoms with Crippen LogP contribution < -0.4 is 0 Å². The summed E-state index contributed by atoms with van der Waals surface area (Å²) in [7, 11) is 0. The van der Waals surface area contributed by atoms with Crippen LogP contribution in [0.5, 0.6) is 0 Å². The minimum atomic E-state index is -0.764. The number of halogens is 4. The van der Waals surface area contributed by atoms with Gasteiger partial charge < -0.3 is 0 Å². The number of benzene rings is 1. The van der Waals surface area contributed by atoms with Crippen LogP contribution >= 0.6 is 43.2 Å². The quantitative estimate of drug-likeness (QED) is 0.684. The van der Waals surface area contributed by atoms with Gasteiger partial charge >= 0.3 is 0 Å². The van der Waals surface area contributed by atoms with E-state index in [4.69, 9.17) is 0 Å². The molecule has 0 N–H and O–H groups in total. The topological polar surface area (TPSA) is 17.1 Å². The lowest BCUT2D eigenvalue weighted by atomic mass is 10.1. The van der Waals surface area contributed by atoms with Gasteiger partial charge in [-0.25, -0.2) is 8.78 Å². The predicted octanol–water partition coefficient (Wildman–Crippen LogP) is 4.78. The molecule has 1 nitrogen and oxygen atoms in total. The smallest absolute Gasteiger partial charge is 0.204 e. The molecule has 0 fully saturated rings. The van der Waals surface area contributed by atoms with Crippen molar-refractivity contribution in [3.05, 3.63) is 54.6 Å². The molecular formula is C11H4Br2F2OS. The Bertz CT molecular complexity index is 575. The highest BCUT2D eigenvalue weighted by atomic mass is 79.9. The molecule has 0 unspecified atom stereocenters. The zero-order valence-corrected chi connectivity index (χ0v) is 12.1. The lowest BCUT2D eigenvalue weighted by molar-refractivity contribution is 0.104. The zero-order valence-electron chi connectivity index (χ0n) is 8.14. The molecule has 1 aromatic carbocycles. The highest BCUT2D eigenvalue weighted by Crippen LogP contribution is 2.34. The molecule has 0 aliphatic heterocycles. The molecule has 1 heterocycles. The molecular weight excluding hydrogens is 378 g/mol. The maximum Gasteiger partial charge on any atom is 0.204 e. The highest BCUT2D eigenvalue weighted by molar-refractivity contribution is 9.13. The third-order valence-electron chi connectivity index (χ3n) is 2.02. The normalized spacial score (nSPS) is 10.6. The highest BCUT2D eigenvalue weighted by Gasteiger charge is 2.18. The molecule has 1 aromatic heterocycles. The molecule has 88 valence electrons. The lowest BCUT2D eigenvalue weighted by Gasteiger charge is -2.00. The summed E-state index contributed by atoms with van der Waals surface area (Å²) in [6.45, 7) is 0. The summed E-state index contributed by atoms with van der Waals surface area (Å²) in [6, 6.07) is 2.77. The first-order valence-corrected chi connectivity index (χ1v) is 6.89. The van der Waals surface area contributed by atoms with E-state index in [-0.39, 0.29) is 5.56 Å². The van der Waals surface area contributed by atoms with E-state index in [0.29, 0.717) is 9.35 Å². The van der Waals surface area contributed by atoms with Crippen molar-refractivity contribution in [1.29, 1.82) is 0 Å². The first-order chi connectivity index (χ1) is 7.99. The molecule has 0 atom stereocenters. The van der Waals surface area contributed by atoms with Crippen molar-refractivity contribution in [2.24, 2.45) is 0 Å². The number of hydrogen-bond acceptors (Lipinski definition) is 2. The van der Waals surface area contributed by atoms with Crippen LogP contribution in [0.4, 0.5) is 8.78 Å². The second-order valence-electron chi connectivity index (χ2n) is 3.21. The molecule has 0 aliphatic rings. The molecule has 6 heteroatoms. The maximum atomic E-state index is 13.0. The van der Waals surface area contributed by atoms with Crippen LogP contribution in [0.15, 0.2) is 32.5 Å². The number of rotatable bonds is 2. The van der Waals surface area contributed by atoms with Crippen molar-refractivity contribution in [3.63, 3.8) is 0 Å². The van der Waals surface area contributed by atoms with Crippen LogP contribution in [0.3, 0.4) is 0 Å². The molecule has 0 spiro atoms. The Balaban J connectivity index is 2.47. The maximum absolute atomic E-state index is 13.0. The standard InChI is InChI=1S/C11H4Br2F2OS/c12-8-4-17-11(9(8)13)10(16)5-1-6(14)3-7(15)2-5/h1-4H. The van der Waals surface area contributed by atoms with Crippen LogP contribution in [-0.2, 0) is 0 Å². The van der Waals surface area contributed by atoms with Crippen molar-refractivity contribution >= 4 is 49.0 Å². The first kappa shape index (κ1) is 12.9. The average Bonchev–Trinajstić information content (AvgIpc) is 2.57. The summed E-state index contributed by atoms with van der Waals surface area (Å²) in [5.74, 6) is -1.94. The van der Waals surface area contributed by atoms with Gasteiger partial charge in [0.15, 0.2) is 0 Å². The van der Waals surface area contributed by atoms with E-state index in [2.05, 4.69) is 31.9 Å². The summed E-state index contributed by atoms with van der Waals surface area (Å²) >= 11 is 7.69. The van der Waals surface area contributed by atoms with Gasteiger partial charge in [-0.05, 0) is 44.0 Å².